The molecule has 0 N–H and O–H groups in total. The summed E-state index contributed by atoms with van der Waals surface area (Å²) in [6, 6.07) is 0. The van der Waals surface area contributed by atoms with E-state index in [1.807, 2.05) is 6.08 Å². The van der Waals surface area contributed by atoms with E-state index in [4.69, 9.17) is 0 Å². The first-order valence-corrected chi connectivity index (χ1v) is 5.01. The molecule has 1 fully saturated rings. The predicted molar refractivity (Wildman–Crippen MR) is 51.0 cm³/mol. The van der Waals surface area contributed by atoms with Crippen LogP contribution in [-0.4, -0.2) is 5.78 Å². The molecule has 68 valence electrons. The van der Waals surface area contributed by atoms with E-state index < -0.39 is 0 Å². The second-order valence-electron chi connectivity index (χ2n) is 3.54. The van der Waals surface area contributed by atoms with Crippen LogP contribution in [0.2, 0.25) is 0 Å². The third-order valence-corrected chi connectivity index (χ3v) is 2.76. The normalized spacial score (nSPS) is 16.8. The number of carbonyl (C=O) groups is 1. The molecule has 1 nitrogen and oxygen atoms in total. The quantitative estimate of drug-likeness (QED) is 0.586. The third kappa shape index (κ3) is 2.20. The second kappa shape index (κ2) is 4.44. The number of hydrogen-bond acceptors (Lipinski definition) is 1. The largest absolute Gasteiger partial charge is 0.295 e. The lowest BCUT2D eigenvalue weighted by atomic mass is 9.81. The fourth-order valence-electron chi connectivity index (χ4n) is 1.47. The predicted octanol–water partition coefficient (Wildman–Crippen LogP) is 3.10. The number of ketones is 1. The molecule has 0 aliphatic heterocycles. The molecule has 1 aliphatic carbocycles. The molecule has 0 heterocycles. The molecule has 1 heteroatoms. The summed E-state index contributed by atoms with van der Waals surface area (Å²) in [5.74, 6) is 0.748. The van der Waals surface area contributed by atoms with Gasteiger partial charge in [0, 0.05) is 5.92 Å². The molecule has 0 spiro atoms. The van der Waals surface area contributed by atoms with Crippen molar-refractivity contribution in [1.29, 1.82) is 0 Å². The van der Waals surface area contributed by atoms with Crippen molar-refractivity contribution in [3.05, 3.63) is 11.6 Å². The van der Waals surface area contributed by atoms with Crippen molar-refractivity contribution in [1.82, 2.24) is 0 Å². The van der Waals surface area contributed by atoms with Gasteiger partial charge in [-0.15, -0.1) is 0 Å². The number of hydrogen-bond donors (Lipinski definition) is 0. The van der Waals surface area contributed by atoms with Gasteiger partial charge in [-0.3, -0.25) is 4.79 Å². The summed E-state index contributed by atoms with van der Waals surface area (Å²) in [7, 11) is 0. The highest BCUT2D eigenvalue weighted by Crippen LogP contribution is 2.28. The fraction of sp³-hybridized carbons (Fsp3) is 0.727. The van der Waals surface area contributed by atoms with Crippen LogP contribution in [-0.2, 0) is 4.79 Å². The highest BCUT2D eigenvalue weighted by atomic mass is 16.1. The summed E-state index contributed by atoms with van der Waals surface area (Å²) >= 11 is 0. The Balaban J connectivity index is 2.45. The van der Waals surface area contributed by atoms with Crippen LogP contribution >= 0.6 is 0 Å². The molecule has 0 aromatic rings. The minimum atomic E-state index is 0.373. The number of carbonyl (C=O) groups excluding carboxylic acids is 1. The maximum absolute atomic E-state index is 11.5. The second-order valence-corrected chi connectivity index (χ2v) is 3.54. The van der Waals surface area contributed by atoms with E-state index >= 15 is 0 Å². The van der Waals surface area contributed by atoms with Crippen LogP contribution in [0.4, 0.5) is 0 Å². The molecule has 0 aromatic heterocycles. The van der Waals surface area contributed by atoms with Gasteiger partial charge in [0.05, 0.1) is 0 Å². The lowest BCUT2D eigenvalue weighted by Gasteiger charge is -2.22. The Morgan fingerprint density at radius 3 is 2.25 bits per heavy atom. The monoisotopic (exact) mass is 166 g/mol. The molecule has 0 aromatic carbocycles. The SMILES string of the molecule is CCC(=CC(=O)C1CCC1)CC. The van der Waals surface area contributed by atoms with Gasteiger partial charge in [-0.25, -0.2) is 0 Å². The summed E-state index contributed by atoms with van der Waals surface area (Å²) < 4.78 is 0. The van der Waals surface area contributed by atoms with Crippen LogP contribution in [0.3, 0.4) is 0 Å². The number of rotatable bonds is 4. The van der Waals surface area contributed by atoms with Gasteiger partial charge in [0.2, 0.25) is 0 Å². The Bertz CT molecular complexity index is 181. The van der Waals surface area contributed by atoms with Crippen molar-refractivity contribution in [3.63, 3.8) is 0 Å². The van der Waals surface area contributed by atoms with Crippen molar-refractivity contribution in [2.75, 3.05) is 0 Å². The zero-order chi connectivity index (χ0) is 8.97. The summed E-state index contributed by atoms with van der Waals surface area (Å²) in [6.45, 7) is 4.23. The van der Waals surface area contributed by atoms with Crippen LogP contribution in [0.15, 0.2) is 11.6 Å². The molecule has 0 radical (unpaired) electrons. The van der Waals surface area contributed by atoms with Gasteiger partial charge in [0.15, 0.2) is 5.78 Å². The van der Waals surface area contributed by atoms with E-state index in [0.717, 1.165) is 25.7 Å². The minimum absolute atomic E-state index is 0.373. The zero-order valence-corrected chi connectivity index (χ0v) is 8.10. The highest BCUT2D eigenvalue weighted by molar-refractivity contribution is 5.92. The van der Waals surface area contributed by atoms with Gasteiger partial charge in [-0.2, -0.15) is 0 Å². The van der Waals surface area contributed by atoms with Crippen LogP contribution < -0.4 is 0 Å². The van der Waals surface area contributed by atoms with Crippen LogP contribution in [0.25, 0.3) is 0 Å². The van der Waals surface area contributed by atoms with E-state index in [1.165, 1.54) is 12.0 Å². The van der Waals surface area contributed by atoms with Gasteiger partial charge < -0.3 is 0 Å². The molecule has 0 bridgehead atoms. The third-order valence-electron chi connectivity index (χ3n) is 2.76. The lowest BCUT2D eigenvalue weighted by Crippen LogP contribution is -2.20. The summed E-state index contributed by atoms with van der Waals surface area (Å²) in [5, 5.41) is 0. The molecule has 0 amide bonds. The smallest absolute Gasteiger partial charge is 0.158 e. The Kier molecular flexibility index (Phi) is 3.51. The van der Waals surface area contributed by atoms with Gasteiger partial charge in [-0.1, -0.05) is 25.8 Å². The van der Waals surface area contributed by atoms with Gasteiger partial charge >= 0.3 is 0 Å². The Morgan fingerprint density at radius 1 is 1.33 bits per heavy atom. The van der Waals surface area contributed by atoms with Crippen molar-refractivity contribution in [3.8, 4) is 0 Å². The van der Waals surface area contributed by atoms with Crippen molar-refractivity contribution < 1.29 is 4.79 Å². The van der Waals surface area contributed by atoms with E-state index in [2.05, 4.69) is 13.8 Å². The molecule has 0 atom stereocenters. The Hall–Kier alpha value is -0.590. The van der Waals surface area contributed by atoms with Gasteiger partial charge in [0.1, 0.15) is 0 Å². The standard InChI is InChI=1S/C11H18O/c1-3-9(4-2)8-11(12)10-6-5-7-10/h8,10H,3-7H2,1-2H3. The maximum atomic E-state index is 11.5. The first-order chi connectivity index (χ1) is 5.77. The molecular weight excluding hydrogens is 148 g/mol. The summed E-state index contributed by atoms with van der Waals surface area (Å²) in [5.41, 5.74) is 1.30. The van der Waals surface area contributed by atoms with Crippen molar-refractivity contribution in [2.24, 2.45) is 5.92 Å². The number of allylic oxidation sites excluding steroid dienone is 2. The first kappa shape index (κ1) is 9.50. The molecule has 1 rings (SSSR count). The topological polar surface area (TPSA) is 17.1 Å². The molecular formula is C11H18O. The van der Waals surface area contributed by atoms with Crippen LogP contribution in [0.1, 0.15) is 46.0 Å². The maximum Gasteiger partial charge on any atom is 0.158 e. The molecule has 1 aliphatic rings. The zero-order valence-electron chi connectivity index (χ0n) is 8.10. The van der Waals surface area contributed by atoms with Crippen molar-refractivity contribution >= 4 is 5.78 Å². The minimum Gasteiger partial charge on any atom is -0.295 e. The average molecular weight is 166 g/mol. The summed E-state index contributed by atoms with van der Waals surface area (Å²) in [6.07, 6.45) is 7.41. The van der Waals surface area contributed by atoms with E-state index in [9.17, 15) is 4.79 Å². The van der Waals surface area contributed by atoms with Crippen LogP contribution in [0, 0.1) is 5.92 Å². The molecule has 0 unspecified atom stereocenters. The molecule has 1 saturated carbocycles. The highest BCUT2D eigenvalue weighted by Gasteiger charge is 2.23. The van der Waals surface area contributed by atoms with E-state index in [-0.39, 0.29) is 0 Å². The van der Waals surface area contributed by atoms with E-state index in [0.29, 0.717) is 11.7 Å². The van der Waals surface area contributed by atoms with Gasteiger partial charge in [-0.05, 0) is 31.8 Å². The molecule has 0 saturated heterocycles. The summed E-state index contributed by atoms with van der Waals surface area (Å²) in [4.78, 5) is 11.5. The lowest BCUT2D eigenvalue weighted by molar-refractivity contribution is -0.120. The molecule has 12 heavy (non-hydrogen) atoms. The first-order valence-electron chi connectivity index (χ1n) is 5.01. The van der Waals surface area contributed by atoms with E-state index in [1.54, 1.807) is 0 Å². The fourth-order valence-corrected chi connectivity index (χ4v) is 1.47. The van der Waals surface area contributed by atoms with Crippen LogP contribution in [0.5, 0.6) is 0 Å². The van der Waals surface area contributed by atoms with Crippen molar-refractivity contribution in [2.45, 2.75) is 46.0 Å². The average Bonchev–Trinajstić information content (AvgIpc) is 1.96. The van der Waals surface area contributed by atoms with Gasteiger partial charge in [0.25, 0.3) is 0 Å². The Morgan fingerprint density at radius 2 is 1.92 bits per heavy atom. The Labute approximate surface area is 74.9 Å².